The van der Waals surface area contributed by atoms with E-state index in [9.17, 15) is 0 Å². The molecule has 1 aromatic heterocycles. The van der Waals surface area contributed by atoms with Crippen molar-refractivity contribution in [1.82, 2.24) is 9.97 Å². The van der Waals surface area contributed by atoms with Crippen LogP contribution in [0, 0.1) is 6.92 Å². The highest BCUT2D eigenvalue weighted by molar-refractivity contribution is 6.40. The maximum atomic E-state index is 4.76. The van der Waals surface area contributed by atoms with E-state index < -0.39 is 0 Å². The normalized spacial score (nSPS) is 7.89. The van der Waals surface area contributed by atoms with Gasteiger partial charge in [-0.25, -0.2) is 4.98 Å². The van der Waals surface area contributed by atoms with E-state index in [4.69, 9.17) is 23.2 Å². The number of aromatic nitrogens is 2. The van der Waals surface area contributed by atoms with E-state index >= 15 is 0 Å². The zero-order valence-electron chi connectivity index (χ0n) is 5.06. The second-order valence-corrected chi connectivity index (χ2v) is 2.08. The summed E-state index contributed by atoms with van der Waals surface area (Å²) in [5.41, 5.74) is 0. The number of hydrogen-bond donors (Lipinski definition) is 1. The van der Waals surface area contributed by atoms with Crippen LogP contribution in [0.3, 0.4) is 0 Å². The number of H-pyrrole nitrogens is 1. The van der Waals surface area contributed by atoms with Gasteiger partial charge in [-0.2, -0.15) is 0 Å². The molecule has 0 fully saturated rings. The largest absolute Gasteiger partial charge is 0.349 e. The number of aromatic amines is 1. The quantitative estimate of drug-likeness (QED) is 0.589. The molecule has 9 heavy (non-hydrogen) atoms. The second-order valence-electron chi connectivity index (χ2n) is 1.28. The van der Waals surface area contributed by atoms with E-state index in [0.29, 0.717) is 0 Å². The topological polar surface area (TPSA) is 28.7 Å². The van der Waals surface area contributed by atoms with Gasteiger partial charge < -0.3 is 4.98 Å². The number of halogens is 2. The maximum Gasteiger partial charge on any atom is 0.102 e. The van der Waals surface area contributed by atoms with Crippen molar-refractivity contribution >= 4 is 23.2 Å². The molecule has 0 aromatic carbocycles. The summed E-state index contributed by atoms with van der Waals surface area (Å²) in [4.78, 5) is 6.75. The molecule has 0 spiro atoms. The molecule has 0 aliphatic carbocycles. The minimum absolute atomic E-state index is 0.194. The minimum atomic E-state index is 0.194. The fourth-order valence-corrected chi connectivity index (χ4v) is 0.344. The van der Waals surface area contributed by atoms with Crippen LogP contribution in [0.5, 0.6) is 0 Å². The monoisotopic (exact) mass is 166 g/mol. The van der Waals surface area contributed by atoms with Crippen molar-refractivity contribution in [2.45, 2.75) is 6.92 Å². The minimum Gasteiger partial charge on any atom is -0.349 e. The number of hydrogen-bond acceptors (Lipinski definition) is 1. The van der Waals surface area contributed by atoms with E-state index in [1.807, 2.05) is 6.92 Å². The van der Waals surface area contributed by atoms with Gasteiger partial charge in [-0.1, -0.05) is 0 Å². The molecule has 52 valence electrons. The molecule has 0 aliphatic heterocycles. The van der Waals surface area contributed by atoms with Crippen LogP contribution in [-0.4, -0.2) is 15.3 Å². The first kappa shape index (κ1) is 8.79. The Bertz CT molecular complexity index is 128. The van der Waals surface area contributed by atoms with Gasteiger partial charge in [0.2, 0.25) is 0 Å². The van der Waals surface area contributed by atoms with E-state index in [1.165, 1.54) is 0 Å². The summed E-state index contributed by atoms with van der Waals surface area (Å²) in [6.45, 7) is 1.92. The van der Waals surface area contributed by atoms with Gasteiger partial charge in [0.05, 0.1) is 5.34 Å². The molecule has 0 saturated carbocycles. The molecular weight excluding hydrogens is 159 g/mol. The summed E-state index contributed by atoms with van der Waals surface area (Å²) < 4.78 is 0. The molecule has 0 radical (unpaired) electrons. The lowest BCUT2D eigenvalue weighted by atomic mass is 10.8. The first-order valence-corrected chi connectivity index (χ1v) is 3.46. The lowest BCUT2D eigenvalue weighted by Gasteiger charge is -1.68. The van der Waals surface area contributed by atoms with Crippen LogP contribution < -0.4 is 0 Å². The predicted molar refractivity (Wildman–Crippen MR) is 39.9 cm³/mol. The summed E-state index contributed by atoms with van der Waals surface area (Å²) in [6.07, 6.45) is 3.53. The third-order valence-electron chi connectivity index (χ3n) is 0.635. The Morgan fingerprint density at radius 3 is 2.33 bits per heavy atom. The molecule has 4 heteroatoms. The molecule has 0 aliphatic rings. The molecule has 1 N–H and O–H groups in total. The highest BCUT2D eigenvalue weighted by Gasteiger charge is 1.73. The average molecular weight is 167 g/mol. The van der Waals surface area contributed by atoms with Gasteiger partial charge in [-0.05, 0) is 6.92 Å². The van der Waals surface area contributed by atoms with Crippen molar-refractivity contribution in [2.75, 3.05) is 5.34 Å². The zero-order chi connectivity index (χ0) is 7.11. The third kappa shape index (κ3) is 5.66. The van der Waals surface area contributed by atoms with Crippen LogP contribution in [0.4, 0.5) is 0 Å². The number of imidazole rings is 1. The first-order valence-electron chi connectivity index (χ1n) is 2.39. The van der Waals surface area contributed by atoms with Crippen molar-refractivity contribution in [1.29, 1.82) is 0 Å². The molecule has 0 atom stereocenters. The van der Waals surface area contributed by atoms with Crippen LogP contribution in [0.25, 0.3) is 0 Å². The molecular formula is C5H8Cl2N2. The molecule has 1 rings (SSSR count). The molecule has 2 nitrogen and oxygen atoms in total. The van der Waals surface area contributed by atoms with Crippen molar-refractivity contribution < 1.29 is 0 Å². The number of rotatable bonds is 0. The summed E-state index contributed by atoms with van der Waals surface area (Å²) in [5.74, 6) is 0.968. The van der Waals surface area contributed by atoms with Crippen LogP contribution >= 0.6 is 23.2 Å². The fraction of sp³-hybridized carbons (Fsp3) is 0.400. The smallest absolute Gasteiger partial charge is 0.102 e. The number of nitrogens with zero attached hydrogens (tertiary/aromatic N) is 1. The average Bonchev–Trinajstić information content (AvgIpc) is 2.20. The lowest BCUT2D eigenvalue weighted by molar-refractivity contribution is 1.15. The first-order chi connectivity index (χ1) is 4.31. The number of nitrogens with one attached hydrogen (secondary N) is 1. The molecule has 0 saturated heterocycles. The predicted octanol–water partition coefficient (Wildman–Crippen LogP) is 2.14. The highest BCUT2D eigenvalue weighted by atomic mass is 35.5. The van der Waals surface area contributed by atoms with Crippen LogP contribution in [-0.2, 0) is 0 Å². The van der Waals surface area contributed by atoms with Gasteiger partial charge >= 0.3 is 0 Å². The van der Waals surface area contributed by atoms with Crippen molar-refractivity contribution in [3.05, 3.63) is 18.2 Å². The van der Waals surface area contributed by atoms with Crippen LogP contribution in [0.2, 0.25) is 0 Å². The van der Waals surface area contributed by atoms with Crippen LogP contribution in [0.1, 0.15) is 5.82 Å². The van der Waals surface area contributed by atoms with Crippen molar-refractivity contribution in [2.24, 2.45) is 0 Å². The van der Waals surface area contributed by atoms with Gasteiger partial charge in [0.25, 0.3) is 0 Å². The van der Waals surface area contributed by atoms with Gasteiger partial charge in [-0.3, -0.25) is 0 Å². The molecule has 0 bridgehead atoms. The number of alkyl halides is 2. The number of aryl methyl sites for hydroxylation is 1. The fourth-order valence-electron chi connectivity index (χ4n) is 0.344. The summed E-state index contributed by atoms with van der Waals surface area (Å²) in [7, 11) is 0. The van der Waals surface area contributed by atoms with E-state index in [2.05, 4.69) is 9.97 Å². The summed E-state index contributed by atoms with van der Waals surface area (Å²) >= 11 is 9.53. The maximum absolute atomic E-state index is 4.76. The van der Waals surface area contributed by atoms with Crippen LogP contribution in [0.15, 0.2) is 12.4 Å². The van der Waals surface area contributed by atoms with Crippen molar-refractivity contribution in [3.63, 3.8) is 0 Å². The summed E-state index contributed by atoms with van der Waals surface area (Å²) in [6, 6.07) is 0. The highest BCUT2D eigenvalue weighted by Crippen LogP contribution is 1.78. The van der Waals surface area contributed by atoms with E-state index in [1.54, 1.807) is 12.4 Å². The molecule has 0 unspecified atom stereocenters. The SMILES string of the molecule is Cc1ncc[nH]1.ClCCl. The Hall–Kier alpha value is -0.210. The Kier molecular flexibility index (Phi) is 5.78. The summed E-state index contributed by atoms with van der Waals surface area (Å²) in [5, 5.41) is 0.194. The Morgan fingerprint density at radius 1 is 1.67 bits per heavy atom. The van der Waals surface area contributed by atoms with Crippen molar-refractivity contribution in [3.8, 4) is 0 Å². The Labute approximate surface area is 64.2 Å². The zero-order valence-corrected chi connectivity index (χ0v) is 6.58. The Balaban J connectivity index is 0.000000187. The second kappa shape index (κ2) is 5.92. The standard InChI is InChI=1S/C4H6N2.CH2Cl2/c1-4-5-2-3-6-4;2-1-3/h2-3H,1H3,(H,5,6);1H2. The van der Waals surface area contributed by atoms with Gasteiger partial charge in [-0.15, -0.1) is 23.2 Å². The molecule has 0 amide bonds. The Morgan fingerprint density at radius 2 is 2.22 bits per heavy atom. The molecule has 1 heterocycles. The van der Waals surface area contributed by atoms with Gasteiger partial charge in [0.1, 0.15) is 5.82 Å². The van der Waals surface area contributed by atoms with E-state index in [-0.39, 0.29) is 5.34 Å². The third-order valence-corrected chi connectivity index (χ3v) is 0.635. The lowest BCUT2D eigenvalue weighted by Crippen LogP contribution is -1.66. The van der Waals surface area contributed by atoms with Gasteiger partial charge in [0.15, 0.2) is 0 Å². The van der Waals surface area contributed by atoms with E-state index in [0.717, 1.165) is 5.82 Å². The van der Waals surface area contributed by atoms with Gasteiger partial charge in [0, 0.05) is 12.4 Å². The molecule has 1 aromatic rings.